The standard InChI is InChI=1S/C16H20BrNO9/c1-6(19)24-10-5-18-12(13(10)25-7(2)20)15(27-9(4)22)14(26-8(3)21)11(17)16(18)23/h10-15H,5H2,1-4H3/t10?,11?,12?,13-,14?,15?/m1/s1. The average molecular weight is 450 g/mol. The van der Waals surface area contributed by atoms with Gasteiger partial charge in [-0.15, -0.1) is 0 Å². The molecule has 2 rings (SSSR count). The van der Waals surface area contributed by atoms with E-state index in [0.29, 0.717) is 0 Å². The van der Waals surface area contributed by atoms with Crippen molar-refractivity contribution >= 4 is 45.7 Å². The van der Waals surface area contributed by atoms with E-state index in [4.69, 9.17) is 18.9 Å². The SMILES string of the molecule is CC(=O)OC1C(Br)C(=O)N2CC(OC(C)=O)[C@@H](OC(C)=O)C2C1OC(C)=O. The minimum absolute atomic E-state index is 0.0618. The van der Waals surface area contributed by atoms with Crippen LogP contribution in [0.5, 0.6) is 0 Å². The number of halogens is 1. The van der Waals surface area contributed by atoms with Gasteiger partial charge in [0.25, 0.3) is 0 Å². The largest absolute Gasteiger partial charge is 0.457 e. The van der Waals surface area contributed by atoms with Crippen LogP contribution in [0.3, 0.4) is 0 Å². The van der Waals surface area contributed by atoms with Crippen LogP contribution in [0.25, 0.3) is 0 Å². The summed E-state index contributed by atoms with van der Waals surface area (Å²) in [7, 11) is 0. The Bertz CT molecular complexity index is 666. The molecule has 0 radical (unpaired) electrons. The van der Waals surface area contributed by atoms with Gasteiger partial charge in [-0.05, 0) is 0 Å². The molecule has 5 unspecified atom stereocenters. The van der Waals surface area contributed by atoms with Crippen molar-refractivity contribution in [1.82, 2.24) is 4.90 Å². The third-order valence-corrected chi connectivity index (χ3v) is 5.04. The fraction of sp³-hybridized carbons (Fsp3) is 0.688. The van der Waals surface area contributed by atoms with Crippen molar-refractivity contribution in [2.75, 3.05) is 6.54 Å². The molecule has 2 heterocycles. The molecule has 2 saturated heterocycles. The summed E-state index contributed by atoms with van der Waals surface area (Å²) in [6, 6.07) is -0.979. The van der Waals surface area contributed by atoms with Crippen LogP contribution in [-0.4, -0.2) is 76.5 Å². The molecule has 1 amide bonds. The van der Waals surface area contributed by atoms with Crippen molar-refractivity contribution in [1.29, 1.82) is 0 Å². The zero-order valence-corrected chi connectivity index (χ0v) is 16.8. The molecule has 2 aliphatic rings. The summed E-state index contributed by atoms with van der Waals surface area (Å²) in [6.45, 7) is 4.60. The number of rotatable bonds is 4. The van der Waals surface area contributed by atoms with Gasteiger partial charge >= 0.3 is 23.9 Å². The molecule has 0 N–H and O–H groups in total. The molecule has 2 fully saturated rings. The maximum atomic E-state index is 12.8. The van der Waals surface area contributed by atoms with Crippen LogP contribution in [0.15, 0.2) is 0 Å². The van der Waals surface area contributed by atoms with Gasteiger partial charge in [0, 0.05) is 27.7 Å². The highest BCUT2D eigenvalue weighted by atomic mass is 79.9. The van der Waals surface area contributed by atoms with E-state index >= 15 is 0 Å². The monoisotopic (exact) mass is 449 g/mol. The van der Waals surface area contributed by atoms with Crippen LogP contribution in [0.4, 0.5) is 0 Å². The highest BCUT2D eigenvalue weighted by Gasteiger charge is 2.61. The number of ether oxygens (including phenoxy) is 4. The lowest BCUT2D eigenvalue weighted by molar-refractivity contribution is -0.188. The Balaban J connectivity index is 2.47. The summed E-state index contributed by atoms with van der Waals surface area (Å²) >= 11 is 3.18. The second kappa shape index (κ2) is 8.24. The van der Waals surface area contributed by atoms with Gasteiger partial charge in [-0.2, -0.15) is 0 Å². The lowest BCUT2D eigenvalue weighted by Crippen LogP contribution is -2.65. The van der Waals surface area contributed by atoms with E-state index in [1.54, 1.807) is 0 Å². The quantitative estimate of drug-likeness (QED) is 0.323. The highest BCUT2D eigenvalue weighted by Crippen LogP contribution is 2.37. The fourth-order valence-electron chi connectivity index (χ4n) is 3.38. The number of amides is 1. The molecule has 10 nitrogen and oxygen atoms in total. The molecule has 2 aliphatic heterocycles. The third kappa shape index (κ3) is 4.57. The molecule has 0 aromatic rings. The fourth-order valence-corrected chi connectivity index (χ4v) is 4.05. The lowest BCUT2D eigenvalue weighted by Gasteiger charge is -2.43. The predicted octanol–water partition coefficient (Wildman–Crippen LogP) is -0.299. The van der Waals surface area contributed by atoms with Crippen LogP contribution in [0.2, 0.25) is 0 Å². The number of hydrogen-bond donors (Lipinski definition) is 0. The lowest BCUT2D eigenvalue weighted by atomic mass is 9.93. The van der Waals surface area contributed by atoms with E-state index < -0.39 is 65.1 Å². The van der Waals surface area contributed by atoms with Gasteiger partial charge in [0.2, 0.25) is 5.91 Å². The molecule has 0 aliphatic carbocycles. The van der Waals surface area contributed by atoms with Gasteiger partial charge in [-0.1, -0.05) is 15.9 Å². The van der Waals surface area contributed by atoms with E-state index in [0.717, 1.165) is 20.8 Å². The van der Waals surface area contributed by atoms with Crippen LogP contribution in [0.1, 0.15) is 27.7 Å². The maximum absolute atomic E-state index is 12.8. The van der Waals surface area contributed by atoms with Crippen LogP contribution >= 0.6 is 15.9 Å². The smallest absolute Gasteiger partial charge is 0.303 e. The number of fused-ring (bicyclic) bond motifs is 1. The summed E-state index contributed by atoms with van der Waals surface area (Å²) in [6.07, 6.45) is -4.31. The Morgan fingerprint density at radius 3 is 1.74 bits per heavy atom. The first-order valence-corrected chi connectivity index (χ1v) is 9.08. The van der Waals surface area contributed by atoms with Gasteiger partial charge in [0.15, 0.2) is 24.4 Å². The van der Waals surface area contributed by atoms with Crippen molar-refractivity contribution in [2.24, 2.45) is 0 Å². The molecule has 27 heavy (non-hydrogen) atoms. The number of carbonyl (C=O) groups excluding carboxylic acids is 5. The minimum atomic E-state index is -1.14. The molecule has 0 aromatic heterocycles. The Labute approximate surface area is 163 Å². The van der Waals surface area contributed by atoms with E-state index in [9.17, 15) is 24.0 Å². The van der Waals surface area contributed by atoms with Crippen molar-refractivity contribution < 1.29 is 42.9 Å². The van der Waals surface area contributed by atoms with Gasteiger partial charge in [-0.3, -0.25) is 24.0 Å². The first kappa shape index (κ1) is 21.1. The summed E-state index contributed by atoms with van der Waals surface area (Å²) in [5, 5.41) is 0. The third-order valence-electron chi connectivity index (χ3n) is 4.13. The summed E-state index contributed by atoms with van der Waals surface area (Å²) < 4.78 is 21.0. The zero-order chi connectivity index (χ0) is 20.5. The van der Waals surface area contributed by atoms with Crippen molar-refractivity contribution in [3.8, 4) is 0 Å². The van der Waals surface area contributed by atoms with Crippen molar-refractivity contribution in [2.45, 2.75) is 63.0 Å². The number of carbonyl (C=O) groups is 5. The number of piperidine rings is 1. The van der Waals surface area contributed by atoms with Crippen LogP contribution < -0.4 is 0 Å². The first-order chi connectivity index (χ1) is 12.5. The van der Waals surface area contributed by atoms with Crippen molar-refractivity contribution in [3.05, 3.63) is 0 Å². The Morgan fingerprint density at radius 1 is 0.815 bits per heavy atom. The van der Waals surface area contributed by atoms with Gasteiger partial charge in [-0.25, -0.2) is 0 Å². The van der Waals surface area contributed by atoms with Gasteiger partial charge in [0.05, 0.1) is 6.54 Å². The van der Waals surface area contributed by atoms with Crippen LogP contribution in [-0.2, 0) is 42.9 Å². The summed E-state index contributed by atoms with van der Waals surface area (Å²) in [5.41, 5.74) is 0. The Kier molecular flexibility index (Phi) is 6.45. The Hall–Kier alpha value is -2.17. The Morgan fingerprint density at radius 2 is 1.26 bits per heavy atom. The number of nitrogens with zero attached hydrogens (tertiary/aromatic N) is 1. The molecule has 11 heteroatoms. The summed E-state index contributed by atoms with van der Waals surface area (Å²) in [4.78, 5) is 59.2. The number of hydrogen-bond acceptors (Lipinski definition) is 9. The van der Waals surface area contributed by atoms with E-state index in [2.05, 4.69) is 15.9 Å². The van der Waals surface area contributed by atoms with E-state index in [1.807, 2.05) is 0 Å². The van der Waals surface area contributed by atoms with E-state index in [-0.39, 0.29) is 6.54 Å². The molecule has 0 saturated carbocycles. The second-order valence-corrected chi connectivity index (χ2v) is 7.24. The molecule has 0 aromatic carbocycles. The number of alkyl halides is 1. The molecule has 6 atom stereocenters. The van der Waals surface area contributed by atoms with Crippen LogP contribution in [0, 0.1) is 0 Å². The van der Waals surface area contributed by atoms with Crippen molar-refractivity contribution in [3.63, 3.8) is 0 Å². The second-order valence-electron chi connectivity index (χ2n) is 6.25. The summed E-state index contributed by atoms with van der Waals surface area (Å²) in [5.74, 6) is -3.12. The topological polar surface area (TPSA) is 126 Å². The minimum Gasteiger partial charge on any atom is -0.457 e. The van der Waals surface area contributed by atoms with E-state index in [1.165, 1.54) is 11.8 Å². The highest BCUT2D eigenvalue weighted by molar-refractivity contribution is 9.10. The maximum Gasteiger partial charge on any atom is 0.303 e. The van der Waals surface area contributed by atoms with Gasteiger partial charge in [0.1, 0.15) is 10.9 Å². The average Bonchev–Trinajstić information content (AvgIpc) is 2.85. The molecular weight excluding hydrogens is 430 g/mol. The molecular formula is C16H20BrNO9. The first-order valence-electron chi connectivity index (χ1n) is 8.16. The predicted molar refractivity (Wildman–Crippen MR) is 90.4 cm³/mol. The zero-order valence-electron chi connectivity index (χ0n) is 15.2. The molecule has 0 bridgehead atoms. The number of esters is 4. The molecule has 150 valence electrons. The van der Waals surface area contributed by atoms with Gasteiger partial charge < -0.3 is 23.8 Å². The molecule has 0 spiro atoms. The normalized spacial score (nSPS) is 32.3.